The smallest absolute Gasteiger partial charge is 0.321 e. The Labute approximate surface area is 151 Å². The molecule has 1 aromatic heterocycles. The van der Waals surface area contributed by atoms with Crippen LogP contribution in [0.5, 0.6) is 0 Å². The van der Waals surface area contributed by atoms with E-state index in [1.54, 1.807) is 48.5 Å². The number of benzene rings is 2. The number of hydrogen-bond acceptors (Lipinski definition) is 3. The van der Waals surface area contributed by atoms with E-state index in [0.717, 1.165) is 5.69 Å². The highest BCUT2D eigenvalue weighted by atomic mass is 16.2. The predicted octanol–water partition coefficient (Wildman–Crippen LogP) is 4.29. The minimum Gasteiger partial charge on any atom is -0.321 e. The first kappa shape index (κ1) is 17.2. The van der Waals surface area contributed by atoms with Crippen molar-refractivity contribution in [2.45, 2.75) is 6.92 Å². The summed E-state index contributed by atoms with van der Waals surface area (Å²) in [5.41, 5.74) is 3.08. The number of pyridine rings is 1. The lowest BCUT2D eigenvalue weighted by atomic mass is 10.2. The Kier molecular flexibility index (Phi) is 5.24. The van der Waals surface area contributed by atoms with Gasteiger partial charge in [0.25, 0.3) is 5.91 Å². The van der Waals surface area contributed by atoms with Crippen LogP contribution in [0, 0.1) is 6.92 Å². The third-order valence-corrected chi connectivity index (χ3v) is 3.55. The van der Waals surface area contributed by atoms with Crippen molar-refractivity contribution in [2.24, 2.45) is 0 Å². The van der Waals surface area contributed by atoms with Gasteiger partial charge in [-0.1, -0.05) is 24.3 Å². The first-order valence-electron chi connectivity index (χ1n) is 8.08. The summed E-state index contributed by atoms with van der Waals surface area (Å²) in [6, 6.07) is 21.0. The third kappa shape index (κ3) is 4.67. The lowest BCUT2D eigenvalue weighted by molar-refractivity contribution is 0.102. The van der Waals surface area contributed by atoms with Crippen LogP contribution < -0.4 is 16.0 Å². The molecule has 0 fully saturated rings. The topological polar surface area (TPSA) is 83.1 Å². The van der Waals surface area contributed by atoms with Gasteiger partial charge in [0, 0.05) is 22.8 Å². The molecule has 0 radical (unpaired) electrons. The summed E-state index contributed by atoms with van der Waals surface area (Å²) in [5.74, 6) is -0.281. The van der Waals surface area contributed by atoms with E-state index in [4.69, 9.17) is 0 Å². The average Bonchev–Trinajstić information content (AvgIpc) is 2.64. The minimum atomic E-state index is -0.336. The van der Waals surface area contributed by atoms with Gasteiger partial charge in [-0.3, -0.25) is 4.79 Å². The van der Waals surface area contributed by atoms with Crippen molar-refractivity contribution in [1.29, 1.82) is 0 Å². The number of amides is 3. The molecule has 1 heterocycles. The second-order valence-electron chi connectivity index (χ2n) is 5.64. The predicted molar refractivity (Wildman–Crippen MR) is 102 cm³/mol. The summed E-state index contributed by atoms with van der Waals surface area (Å²) < 4.78 is 0. The van der Waals surface area contributed by atoms with Crippen molar-refractivity contribution in [3.8, 4) is 0 Å². The summed E-state index contributed by atoms with van der Waals surface area (Å²) in [7, 11) is 0. The van der Waals surface area contributed by atoms with Crippen LogP contribution in [-0.2, 0) is 0 Å². The summed E-state index contributed by atoms with van der Waals surface area (Å²) >= 11 is 0. The zero-order valence-electron chi connectivity index (χ0n) is 14.2. The molecule has 0 saturated carbocycles. The molecule has 2 aromatic carbocycles. The zero-order valence-corrected chi connectivity index (χ0v) is 14.2. The van der Waals surface area contributed by atoms with Gasteiger partial charge in [-0.2, -0.15) is 0 Å². The van der Waals surface area contributed by atoms with Gasteiger partial charge in [0.05, 0.1) is 0 Å². The van der Waals surface area contributed by atoms with Gasteiger partial charge < -0.3 is 16.0 Å². The molecule has 0 aliphatic heterocycles. The number of aromatic nitrogens is 1. The molecule has 3 rings (SSSR count). The molecule has 6 nitrogen and oxygen atoms in total. The molecule has 0 spiro atoms. The largest absolute Gasteiger partial charge is 0.323 e. The molecule has 0 unspecified atom stereocenters. The number of rotatable bonds is 4. The van der Waals surface area contributed by atoms with E-state index in [2.05, 4.69) is 20.9 Å². The molecule has 0 saturated heterocycles. The average molecular weight is 346 g/mol. The van der Waals surface area contributed by atoms with Crippen molar-refractivity contribution in [2.75, 3.05) is 16.0 Å². The van der Waals surface area contributed by atoms with Gasteiger partial charge >= 0.3 is 6.03 Å². The normalized spacial score (nSPS) is 10.0. The molecule has 6 heteroatoms. The van der Waals surface area contributed by atoms with E-state index in [1.807, 2.05) is 31.2 Å². The molecule has 0 atom stereocenters. The number of para-hydroxylation sites is 1. The van der Waals surface area contributed by atoms with Gasteiger partial charge in [-0.05, 0) is 55.5 Å². The van der Waals surface area contributed by atoms with Crippen LogP contribution in [-0.4, -0.2) is 16.9 Å². The third-order valence-electron chi connectivity index (χ3n) is 3.55. The van der Waals surface area contributed by atoms with Crippen molar-refractivity contribution in [3.63, 3.8) is 0 Å². The summed E-state index contributed by atoms with van der Waals surface area (Å²) in [6.45, 7) is 1.83. The number of urea groups is 1. The van der Waals surface area contributed by atoms with Crippen LogP contribution in [0.4, 0.5) is 21.9 Å². The molecule has 0 aliphatic carbocycles. The quantitative estimate of drug-likeness (QED) is 0.659. The van der Waals surface area contributed by atoms with E-state index >= 15 is 0 Å². The lowest BCUT2D eigenvalue weighted by Crippen LogP contribution is -2.19. The van der Waals surface area contributed by atoms with Crippen LogP contribution in [0.15, 0.2) is 72.8 Å². The maximum absolute atomic E-state index is 12.2. The van der Waals surface area contributed by atoms with Crippen LogP contribution in [0.2, 0.25) is 0 Å². The van der Waals surface area contributed by atoms with E-state index in [9.17, 15) is 9.59 Å². The Hall–Kier alpha value is -3.67. The maximum atomic E-state index is 12.2. The number of hydrogen-bond donors (Lipinski definition) is 3. The zero-order chi connectivity index (χ0) is 18.4. The Morgan fingerprint density at radius 3 is 1.88 bits per heavy atom. The first-order valence-corrected chi connectivity index (χ1v) is 8.08. The summed E-state index contributed by atoms with van der Waals surface area (Å²) in [5, 5.41) is 8.25. The van der Waals surface area contributed by atoms with Gasteiger partial charge in [0.1, 0.15) is 5.69 Å². The van der Waals surface area contributed by atoms with Gasteiger partial charge in [-0.25, -0.2) is 9.78 Å². The minimum absolute atomic E-state index is 0.281. The Balaban J connectivity index is 1.58. The Morgan fingerprint density at radius 2 is 1.27 bits per heavy atom. The molecule has 3 amide bonds. The second-order valence-corrected chi connectivity index (χ2v) is 5.64. The lowest BCUT2D eigenvalue weighted by Gasteiger charge is -2.09. The highest BCUT2D eigenvalue weighted by molar-refractivity contribution is 6.03. The maximum Gasteiger partial charge on any atom is 0.323 e. The molecule has 130 valence electrons. The molecular weight excluding hydrogens is 328 g/mol. The number of nitrogens with one attached hydrogen (secondary N) is 3. The Bertz CT molecular complexity index is 909. The fourth-order valence-electron chi connectivity index (χ4n) is 2.32. The van der Waals surface area contributed by atoms with Crippen LogP contribution in [0.3, 0.4) is 0 Å². The number of carbonyl (C=O) groups excluding carboxylic acids is 2. The number of anilines is 3. The van der Waals surface area contributed by atoms with Crippen LogP contribution >= 0.6 is 0 Å². The molecule has 0 bridgehead atoms. The number of aryl methyl sites for hydroxylation is 1. The monoisotopic (exact) mass is 346 g/mol. The molecule has 3 N–H and O–H groups in total. The second kappa shape index (κ2) is 7.94. The SMILES string of the molecule is Cc1cccc(C(=O)Nc2ccc(NC(=O)Nc3ccccc3)cc2)n1. The summed E-state index contributed by atoms with van der Waals surface area (Å²) in [4.78, 5) is 28.3. The van der Waals surface area contributed by atoms with Crippen LogP contribution in [0.25, 0.3) is 0 Å². The summed E-state index contributed by atoms with van der Waals surface area (Å²) in [6.07, 6.45) is 0. The standard InChI is InChI=1S/C20H18N4O2/c1-14-6-5-9-18(21-14)19(25)22-16-10-12-17(13-11-16)24-20(26)23-15-7-3-2-4-8-15/h2-13H,1H3,(H,22,25)(H2,23,24,26). The number of nitrogens with zero attached hydrogens (tertiary/aromatic N) is 1. The van der Waals surface area contributed by atoms with Crippen LogP contribution in [0.1, 0.15) is 16.2 Å². The fraction of sp³-hybridized carbons (Fsp3) is 0.0500. The van der Waals surface area contributed by atoms with Crippen molar-refractivity contribution in [3.05, 3.63) is 84.2 Å². The highest BCUT2D eigenvalue weighted by Crippen LogP contribution is 2.15. The molecule has 3 aromatic rings. The van der Waals surface area contributed by atoms with Crippen molar-refractivity contribution >= 4 is 29.0 Å². The number of carbonyl (C=O) groups is 2. The fourth-order valence-corrected chi connectivity index (χ4v) is 2.32. The molecule has 0 aliphatic rings. The molecule has 26 heavy (non-hydrogen) atoms. The van der Waals surface area contributed by atoms with E-state index in [0.29, 0.717) is 22.8 Å². The van der Waals surface area contributed by atoms with E-state index < -0.39 is 0 Å². The van der Waals surface area contributed by atoms with Crippen molar-refractivity contribution in [1.82, 2.24) is 4.98 Å². The first-order chi connectivity index (χ1) is 12.6. The Morgan fingerprint density at radius 1 is 0.692 bits per heavy atom. The van der Waals surface area contributed by atoms with E-state index in [-0.39, 0.29) is 11.9 Å². The van der Waals surface area contributed by atoms with Gasteiger partial charge in [0.2, 0.25) is 0 Å². The van der Waals surface area contributed by atoms with Gasteiger partial charge in [-0.15, -0.1) is 0 Å². The van der Waals surface area contributed by atoms with E-state index in [1.165, 1.54) is 0 Å². The van der Waals surface area contributed by atoms with Gasteiger partial charge in [0.15, 0.2) is 0 Å². The highest BCUT2D eigenvalue weighted by Gasteiger charge is 2.08. The van der Waals surface area contributed by atoms with Crippen molar-refractivity contribution < 1.29 is 9.59 Å². The molecular formula is C20H18N4O2.